The molecule has 1 atom stereocenters. The van der Waals surface area contributed by atoms with Crippen LogP contribution in [-0.2, 0) is 13.2 Å². The Morgan fingerprint density at radius 2 is 1.55 bits per heavy atom. The van der Waals surface area contributed by atoms with Crippen molar-refractivity contribution < 1.29 is 9.47 Å². The zero-order valence-corrected chi connectivity index (χ0v) is 19.1. The van der Waals surface area contributed by atoms with Gasteiger partial charge in [0.05, 0.1) is 6.61 Å². The van der Waals surface area contributed by atoms with Crippen molar-refractivity contribution in [3.63, 3.8) is 0 Å². The zero-order valence-electron chi connectivity index (χ0n) is 19.1. The molecule has 0 unspecified atom stereocenters. The van der Waals surface area contributed by atoms with E-state index in [1.54, 1.807) is 0 Å². The van der Waals surface area contributed by atoms with Gasteiger partial charge in [-0.15, -0.1) is 0 Å². The van der Waals surface area contributed by atoms with Crippen molar-refractivity contribution in [3.05, 3.63) is 59.7 Å². The van der Waals surface area contributed by atoms with Gasteiger partial charge in [0.15, 0.2) is 11.5 Å². The quantitative estimate of drug-likeness (QED) is 0.513. The molecule has 0 aliphatic heterocycles. The maximum atomic E-state index is 6.08. The van der Waals surface area contributed by atoms with E-state index >= 15 is 0 Å². The number of rotatable bonds is 9. The molecule has 6 rings (SSSR count). The average Bonchev–Trinajstić information content (AvgIpc) is 2.77. The lowest BCUT2D eigenvalue weighted by atomic mass is 9.48. The predicted octanol–water partition coefficient (Wildman–Crippen LogP) is 6.36. The molecule has 4 saturated carbocycles. The van der Waals surface area contributed by atoms with E-state index in [-0.39, 0.29) is 0 Å². The number of benzene rings is 2. The van der Waals surface area contributed by atoms with Gasteiger partial charge >= 0.3 is 0 Å². The molecule has 4 bridgehead atoms. The summed E-state index contributed by atoms with van der Waals surface area (Å²) in [5.74, 6) is 4.67. The smallest absolute Gasteiger partial charge is 0.161 e. The molecule has 31 heavy (non-hydrogen) atoms. The molecule has 2 aromatic carbocycles. The Morgan fingerprint density at radius 3 is 2.19 bits per heavy atom. The SMILES string of the molecule is CCOc1cc(CN[C@H](C)C23CC4CC(CC(C4)C2)C3)ccc1OCc1ccccc1. The van der Waals surface area contributed by atoms with Crippen molar-refractivity contribution >= 4 is 0 Å². The molecule has 0 heterocycles. The molecule has 3 nitrogen and oxygen atoms in total. The van der Waals surface area contributed by atoms with Crippen LogP contribution < -0.4 is 14.8 Å². The Morgan fingerprint density at radius 1 is 0.871 bits per heavy atom. The van der Waals surface area contributed by atoms with Crippen molar-refractivity contribution in [2.75, 3.05) is 6.61 Å². The highest BCUT2D eigenvalue weighted by molar-refractivity contribution is 5.43. The average molecular weight is 420 g/mol. The normalized spacial score (nSPS) is 29.7. The molecule has 1 N–H and O–H groups in total. The van der Waals surface area contributed by atoms with Gasteiger partial charge in [0, 0.05) is 12.6 Å². The fourth-order valence-corrected chi connectivity index (χ4v) is 6.98. The fraction of sp³-hybridized carbons (Fsp3) is 0.571. The van der Waals surface area contributed by atoms with E-state index < -0.39 is 0 Å². The second kappa shape index (κ2) is 8.86. The third-order valence-electron chi connectivity index (χ3n) is 8.16. The predicted molar refractivity (Wildman–Crippen MR) is 125 cm³/mol. The molecule has 0 amide bonds. The molecular weight excluding hydrogens is 382 g/mol. The van der Waals surface area contributed by atoms with Crippen molar-refractivity contribution in [2.45, 2.75) is 71.6 Å². The van der Waals surface area contributed by atoms with E-state index in [0.29, 0.717) is 24.7 Å². The van der Waals surface area contributed by atoms with Crippen LogP contribution in [-0.4, -0.2) is 12.6 Å². The Kier molecular flexibility index (Phi) is 5.97. The van der Waals surface area contributed by atoms with E-state index in [2.05, 4.69) is 42.6 Å². The van der Waals surface area contributed by atoms with Crippen LogP contribution in [0.25, 0.3) is 0 Å². The van der Waals surface area contributed by atoms with E-state index in [9.17, 15) is 0 Å². The van der Waals surface area contributed by atoms with Gasteiger partial charge in [-0.1, -0.05) is 36.4 Å². The van der Waals surface area contributed by atoms with E-state index in [1.165, 1.54) is 49.7 Å². The van der Waals surface area contributed by atoms with Crippen LogP contribution in [0.4, 0.5) is 0 Å². The van der Waals surface area contributed by atoms with Crippen LogP contribution in [0.1, 0.15) is 63.5 Å². The number of nitrogens with one attached hydrogen (secondary N) is 1. The van der Waals surface area contributed by atoms with E-state index in [4.69, 9.17) is 9.47 Å². The lowest BCUT2D eigenvalue weighted by Gasteiger charge is -2.59. The zero-order chi connectivity index (χ0) is 21.3. The molecule has 2 aromatic rings. The third kappa shape index (κ3) is 4.48. The van der Waals surface area contributed by atoms with Gasteiger partial charge in [-0.3, -0.25) is 0 Å². The highest BCUT2D eigenvalue weighted by Gasteiger charge is 2.52. The summed E-state index contributed by atoms with van der Waals surface area (Å²) in [6, 6.07) is 17.3. The minimum Gasteiger partial charge on any atom is -0.490 e. The molecule has 4 aliphatic carbocycles. The van der Waals surface area contributed by atoms with Crippen LogP contribution in [0.15, 0.2) is 48.5 Å². The standard InChI is InChI=1S/C28H37NO2/c1-3-30-27-14-22(9-10-26(27)31-19-21-7-5-4-6-8-21)18-29-20(2)28-15-23-11-24(16-28)13-25(12-23)17-28/h4-10,14,20,23-25,29H,3,11-13,15-19H2,1-2H3/t20-,23?,24?,25?,28?/m1/s1. The van der Waals surface area contributed by atoms with Crippen LogP contribution in [0, 0.1) is 23.2 Å². The molecule has 0 saturated heterocycles. The molecule has 4 fully saturated rings. The van der Waals surface area contributed by atoms with E-state index in [1.807, 2.05) is 25.1 Å². The molecule has 4 aliphatic rings. The van der Waals surface area contributed by atoms with Crippen molar-refractivity contribution in [2.24, 2.45) is 23.2 Å². The maximum Gasteiger partial charge on any atom is 0.161 e. The monoisotopic (exact) mass is 419 g/mol. The van der Waals surface area contributed by atoms with Crippen molar-refractivity contribution in [1.82, 2.24) is 5.32 Å². The topological polar surface area (TPSA) is 30.5 Å². The number of hydrogen-bond donors (Lipinski definition) is 1. The molecule has 0 aromatic heterocycles. The summed E-state index contributed by atoms with van der Waals surface area (Å²) in [5.41, 5.74) is 2.98. The second-order valence-corrected chi connectivity index (χ2v) is 10.4. The molecule has 0 radical (unpaired) electrons. The van der Waals surface area contributed by atoms with Crippen LogP contribution in [0.5, 0.6) is 11.5 Å². The van der Waals surface area contributed by atoms with Gasteiger partial charge < -0.3 is 14.8 Å². The van der Waals surface area contributed by atoms with Gasteiger partial charge in [0.2, 0.25) is 0 Å². The van der Waals surface area contributed by atoms with Crippen LogP contribution >= 0.6 is 0 Å². The molecule has 166 valence electrons. The molecule has 0 spiro atoms. The number of ether oxygens (including phenoxy) is 2. The highest BCUT2D eigenvalue weighted by atomic mass is 16.5. The molecule has 3 heteroatoms. The van der Waals surface area contributed by atoms with Gasteiger partial charge in [0.1, 0.15) is 6.61 Å². The first kappa shape index (κ1) is 20.9. The Balaban J connectivity index is 1.22. The van der Waals surface area contributed by atoms with Crippen molar-refractivity contribution in [1.29, 1.82) is 0 Å². The maximum absolute atomic E-state index is 6.08. The summed E-state index contributed by atoms with van der Waals surface area (Å²) < 4.78 is 12.0. The summed E-state index contributed by atoms with van der Waals surface area (Å²) in [7, 11) is 0. The largest absolute Gasteiger partial charge is 0.490 e. The third-order valence-corrected chi connectivity index (χ3v) is 8.16. The first-order chi connectivity index (χ1) is 15.1. The van der Waals surface area contributed by atoms with Gasteiger partial charge in [-0.05, 0) is 98.8 Å². The first-order valence-electron chi connectivity index (χ1n) is 12.3. The summed E-state index contributed by atoms with van der Waals surface area (Å²) in [6.45, 7) is 6.56. The summed E-state index contributed by atoms with van der Waals surface area (Å²) in [6.07, 6.45) is 8.87. The Labute approximate surface area is 187 Å². The van der Waals surface area contributed by atoms with Crippen molar-refractivity contribution in [3.8, 4) is 11.5 Å². The Hall–Kier alpha value is -2.00. The summed E-state index contributed by atoms with van der Waals surface area (Å²) in [5, 5.41) is 3.91. The van der Waals surface area contributed by atoms with Crippen LogP contribution in [0.3, 0.4) is 0 Å². The van der Waals surface area contributed by atoms with Gasteiger partial charge in [0.25, 0.3) is 0 Å². The number of hydrogen-bond acceptors (Lipinski definition) is 3. The fourth-order valence-electron chi connectivity index (χ4n) is 6.98. The minimum atomic E-state index is 0.538. The summed E-state index contributed by atoms with van der Waals surface area (Å²) in [4.78, 5) is 0. The minimum absolute atomic E-state index is 0.538. The van der Waals surface area contributed by atoms with E-state index in [0.717, 1.165) is 35.8 Å². The highest BCUT2D eigenvalue weighted by Crippen LogP contribution is 2.61. The summed E-state index contributed by atoms with van der Waals surface area (Å²) >= 11 is 0. The Bertz CT molecular complexity index is 843. The lowest BCUT2D eigenvalue weighted by molar-refractivity contribution is -0.0706. The molecular formula is C28H37NO2. The van der Waals surface area contributed by atoms with Gasteiger partial charge in [-0.25, -0.2) is 0 Å². The first-order valence-corrected chi connectivity index (χ1v) is 12.3. The second-order valence-electron chi connectivity index (χ2n) is 10.4. The van der Waals surface area contributed by atoms with Crippen LogP contribution in [0.2, 0.25) is 0 Å². The lowest BCUT2D eigenvalue weighted by Crippen LogP contribution is -2.54. The van der Waals surface area contributed by atoms with Gasteiger partial charge in [-0.2, -0.15) is 0 Å².